The number of hydrogen-bond donors (Lipinski definition) is 0. The first-order valence-electron chi connectivity index (χ1n) is 12.7. The van der Waals surface area contributed by atoms with Crippen LogP contribution in [0.15, 0.2) is 121 Å². The fourth-order valence-corrected chi connectivity index (χ4v) is 9.92. The molecule has 0 unspecified atom stereocenters. The first-order chi connectivity index (χ1) is 18.0. The zero-order valence-electron chi connectivity index (χ0n) is 20.9. The molecule has 1 aliphatic rings. The van der Waals surface area contributed by atoms with E-state index in [9.17, 15) is 0 Å². The van der Waals surface area contributed by atoms with E-state index in [1.807, 2.05) is 6.07 Å². The van der Waals surface area contributed by atoms with Crippen LogP contribution in [0.25, 0.3) is 32.7 Å². The molecule has 0 saturated heterocycles. The molecule has 0 fully saturated rings. The van der Waals surface area contributed by atoms with E-state index in [1.54, 1.807) is 0 Å². The van der Waals surface area contributed by atoms with Gasteiger partial charge in [0.15, 0.2) is 0 Å². The maximum atomic E-state index is 6.56. The summed E-state index contributed by atoms with van der Waals surface area (Å²) >= 11 is 6.56. The van der Waals surface area contributed by atoms with Gasteiger partial charge < -0.3 is 4.90 Å². The van der Waals surface area contributed by atoms with Gasteiger partial charge in [-0.1, -0.05) is 104 Å². The van der Waals surface area contributed by atoms with Gasteiger partial charge in [-0.15, -0.1) is 0 Å². The highest BCUT2D eigenvalue weighted by molar-refractivity contribution is 7.05. The van der Waals surface area contributed by atoms with E-state index in [4.69, 9.17) is 11.6 Å². The van der Waals surface area contributed by atoms with E-state index in [1.165, 1.54) is 48.7 Å². The molecule has 1 nitrogen and oxygen atoms in total. The Hall–Kier alpha value is -3.85. The molecule has 0 amide bonds. The second-order valence-electron chi connectivity index (χ2n) is 10.3. The molecule has 0 aromatic heterocycles. The fraction of sp³-hybridized carbons (Fsp3) is 0.0588. The Kier molecular flexibility index (Phi) is 5.04. The predicted molar refractivity (Wildman–Crippen MR) is 163 cm³/mol. The second kappa shape index (κ2) is 8.34. The van der Waals surface area contributed by atoms with Crippen molar-refractivity contribution in [3.05, 3.63) is 126 Å². The highest BCUT2D eigenvalue weighted by atomic mass is 35.5. The Morgan fingerprint density at radius 1 is 0.595 bits per heavy atom. The zero-order chi connectivity index (χ0) is 25.1. The summed E-state index contributed by atoms with van der Waals surface area (Å²) < 4.78 is 0. The lowest BCUT2D eigenvalue weighted by Crippen LogP contribution is -2.49. The maximum Gasteiger partial charge on any atom is 0.114 e. The third-order valence-corrected chi connectivity index (χ3v) is 11.6. The van der Waals surface area contributed by atoms with Crippen molar-refractivity contribution >= 4 is 68.7 Å². The number of fused-ring (bicyclic) bond motifs is 7. The van der Waals surface area contributed by atoms with Crippen LogP contribution < -0.4 is 15.3 Å². The van der Waals surface area contributed by atoms with Crippen molar-refractivity contribution in [2.45, 2.75) is 13.1 Å². The normalized spacial score (nSPS) is 13.5. The van der Waals surface area contributed by atoms with Crippen molar-refractivity contribution < 1.29 is 0 Å². The van der Waals surface area contributed by atoms with Gasteiger partial charge in [0, 0.05) is 21.8 Å². The molecule has 1 aliphatic heterocycles. The second-order valence-corrected chi connectivity index (χ2v) is 15.1. The Bertz CT molecular complexity index is 1770. The third-order valence-electron chi connectivity index (χ3n) is 7.85. The topological polar surface area (TPSA) is 3.24 Å². The van der Waals surface area contributed by atoms with Crippen molar-refractivity contribution in [1.29, 1.82) is 0 Å². The van der Waals surface area contributed by atoms with E-state index < -0.39 is 8.07 Å². The van der Waals surface area contributed by atoms with Crippen LogP contribution in [0.5, 0.6) is 0 Å². The van der Waals surface area contributed by atoms with E-state index >= 15 is 0 Å². The molecule has 0 atom stereocenters. The minimum absolute atomic E-state index is 0.816. The summed E-state index contributed by atoms with van der Waals surface area (Å²) in [4.78, 5) is 2.40. The summed E-state index contributed by atoms with van der Waals surface area (Å²) in [5.74, 6) is 0. The van der Waals surface area contributed by atoms with Crippen molar-refractivity contribution in [2.75, 3.05) is 4.90 Å². The van der Waals surface area contributed by atoms with E-state index in [-0.39, 0.29) is 0 Å². The van der Waals surface area contributed by atoms with Gasteiger partial charge in [0.1, 0.15) is 8.07 Å². The van der Waals surface area contributed by atoms with Crippen LogP contribution in [0, 0.1) is 0 Å². The van der Waals surface area contributed by atoms with Crippen molar-refractivity contribution in [2.24, 2.45) is 0 Å². The number of para-hydroxylation sites is 2. The van der Waals surface area contributed by atoms with E-state index in [2.05, 4.69) is 133 Å². The molecule has 0 spiro atoms. The third kappa shape index (κ3) is 3.37. The molecule has 7 rings (SSSR count). The van der Waals surface area contributed by atoms with Gasteiger partial charge >= 0.3 is 0 Å². The zero-order valence-corrected chi connectivity index (χ0v) is 22.6. The quantitative estimate of drug-likeness (QED) is 0.169. The lowest BCUT2D eigenvalue weighted by molar-refractivity contribution is 1.30. The molecule has 0 N–H and O–H groups in total. The average Bonchev–Trinajstić information content (AvgIpc) is 3.15. The molecule has 3 heteroatoms. The van der Waals surface area contributed by atoms with E-state index in [0.29, 0.717) is 0 Å². The molecule has 0 saturated carbocycles. The number of nitrogens with zero attached hydrogens (tertiary/aromatic N) is 1. The number of rotatable bonds is 3. The molecule has 6 aromatic rings. The number of hydrogen-bond acceptors (Lipinski definition) is 1. The Labute approximate surface area is 223 Å². The predicted octanol–water partition coefficient (Wildman–Crippen LogP) is 8.92. The minimum atomic E-state index is -2.01. The van der Waals surface area contributed by atoms with Gasteiger partial charge in [-0.3, -0.25) is 0 Å². The molecule has 37 heavy (non-hydrogen) atoms. The van der Waals surface area contributed by atoms with Crippen molar-refractivity contribution in [3.63, 3.8) is 0 Å². The molecule has 1 heterocycles. The summed E-state index contributed by atoms with van der Waals surface area (Å²) in [6, 6.07) is 43.7. The Morgan fingerprint density at radius 2 is 1.24 bits per heavy atom. The summed E-state index contributed by atoms with van der Waals surface area (Å²) in [5.41, 5.74) is 6.17. The highest BCUT2D eigenvalue weighted by Crippen LogP contribution is 2.45. The molecular formula is C34H26ClNSi. The largest absolute Gasteiger partial charge is 0.310 e. The van der Waals surface area contributed by atoms with Crippen LogP contribution in [-0.4, -0.2) is 8.07 Å². The van der Waals surface area contributed by atoms with Crippen LogP contribution >= 0.6 is 11.6 Å². The summed E-state index contributed by atoms with van der Waals surface area (Å²) in [6.45, 7) is 4.95. The van der Waals surface area contributed by atoms with Crippen LogP contribution in [0.3, 0.4) is 0 Å². The van der Waals surface area contributed by atoms with Gasteiger partial charge in [-0.2, -0.15) is 0 Å². The first kappa shape index (κ1) is 22.4. The lowest BCUT2D eigenvalue weighted by Gasteiger charge is -2.29. The number of halogens is 1. The monoisotopic (exact) mass is 511 g/mol. The SMILES string of the molecule is C[Si]1(C)c2cc(Cl)ccc2-c2cc(N(c3ccccc3)c3ccccc3)c3ccc4ccccc4c3c21. The molecule has 0 aliphatic carbocycles. The summed E-state index contributed by atoms with van der Waals surface area (Å²) in [7, 11) is -2.01. The lowest BCUT2D eigenvalue weighted by atomic mass is 9.94. The van der Waals surface area contributed by atoms with Crippen molar-refractivity contribution in [3.8, 4) is 11.1 Å². The highest BCUT2D eigenvalue weighted by Gasteiger charge is 2.40. The molecule has 6 aromatic carbocycles. The van der Waals surface area contributed by atoms with E-state index in [0.717, 1.165) is 16.4 Å². The Balaban J connectivity index is 1.67. The van der Waals surface area contributed by atoms with Gasteiger partial charge in [0.2, 0.25) is 0 Å². The molecule has 0 bridgehead atoms. The molecule has 0 radical (unpaired) electrons. The standard InChI is InChI=1S/C34H26ClNSi/c1-37(2)32-21-24(35)18-20-28(32)30-22-31(29-19-17-23-11-9-10-16-27(23)33(29)34(30)37)36(25-12-5-3-6-13-25)26-14-7-4-8-15-26/h3-22H,1-2H3. The summed E-state index contributed by atoms with van der Waals surface area (Å²) in [5, 5.41) is 9.01. The van der Waals surface area contributed by atoms with Gasteiger partial charge in [-0.25, -0.2) is 0 Å². The van der Waals surface area contributed by atoms with Crippen LogP contribution in [0.4, 0.5) is 17.1 Å². The number of benzene rings is 6. The minimum Gasteiger partial charge on any atom is -0.310 e. The maximum absolute atomic E-state index is 6.56. The number of anilines is 3. The van der Waals surface area contributed by atoms with Crippen LogP contribution in [-0.2, 0) is 0 Å². The van der Waals surface area contributed by atoms with Gasteiger partial charge in [0.05, 0.1) is 5.69 Å². The van der Waals surface area contributed by atoms with Gasteiger partial charge in [-0.05, 0) is 80.1 Å². The van der Waals surface area contributed by atoms with Crippen molar-refractivity contribution in [1.82, 2.24) is 0 Å². The summed E-state index contributed by atoms with van der Waals surface area (Å²) in [6.07, 6.45) is 0. The first-order valence-corrected chi connectivity index (χ1v) is 16.1. The Morgan fingerprint density at radius 3 is 1.95 bits per heavy atom. The molecular weight excluding hydrogens is 486 g/mol. The van der Waals surface area contributed by atoms with Gasteiger partial charge in [0.25, 0.3) is 0 Å². The molecule has 178 valence electrons. The fourth-order valence-electron chi connectivity index (χ4n) is 6.21. The average molecular weight is 512 g/mol. The van der Waals surface area contributed by atoms with Crippen LogP contribution in [0.1, 0.15) is 0 Å². The smallest absolute Gasteiger partial charge is 0.114 e. The van der Waals surface area contributed by atoms with Crippen LogP contribution in [0.2, 0.25) is 18.1 Å².